The van der Waals surface area contributed by atoms with Crippen LogP contribution in [-0.4, -0.2) is 25.0 Å². The number of halogens is 6. The minimum absolute atomic E-state index is 0. The molecule has 0 aromatic carbocycles. The number of pyridine rings is 4. The molecule has 0 aliphatic heterocycles. The van der Waals surface area contributed by atoms with Crippen LogP contribution in [0.15, 0.2) is 110 Å². The van der Waals surface area contributed by atoms with Crippen molar-refractivity contribution in [3.05, 3.63) is 121 Å². The van der Waals surface area contributed by atoms with Crippen LogP contribution in [0.4, 0.5) is 26.3 Å². The first kappa shape index (κ1) is 33.7. The van der Waals surface area contributed by atoms with Gasteiger partial charge in [0, 0.05) is 30.5 Å². The Morgan fingerprint density at radius 3 is 1.45 bits per heavy atom. The molecule has 0 fully saturated rings. The molecule has 0 aliphatic rings. The first-order valence-corrected chi connectivity index (χ1v) is 12.4. The van der Waals surface area contributed by atoms with E-state index in [9.17, 15) is 26.3 Å². The first-order valence-electron chi connectivity index (χ1n) is 12.4. The normalized spacial score (nSPS) is 10.9. The third-order valence-corrected chi connectivity index (χ3v) is 5.39. The molecule has 8 nitrogen and oxygen atoms in total. The molecule has 0 saturated heterocycles. The summed E-state index contributed by atoms with van der Waals surface area (Å²) in [6.45, 7) is 0. The van der Waals surface area contributed by atoms with Crippen LogP contribution in [-0.2, 0) is 38.9 Å². The predicted octanol–water partition coefficient (Wildman–Crippen LogP) is 5.81. The first-order chi connectivity index (χ1) is 20.5. The molecule has 0 radical (unpaired) electrons. The maximum absolute atomic E-state index is 12.7. The van der Waals surface area contributed by atoms with Crippen molar-refractivity contribution in [2.75, 3.05) is 0 Å². The van der Waals surface area contributed by atoms with Gasteiger partial charge in [0.2, 0.25) is 0 Å². The van der Waals surface area contributed by atoms with Gasteiger partial charge in [-0.25, -0.2) is 0 Å². The van der Waals surface area contributed by atoms with E-state index in [1.807, 2.05) is 36.4 Å². The molecule has 6 aromatic heterocycles. The van der Waals surface area contributed by atoms with Gasteiger partial charge in [-0.15, -0.1) is 0 Å². The summed E-state index contributed by atoms with van der Waals surface area (Å²) in [6, 6.07) is 22.1. The van der Waals surface area contributed by atoms with E-state index < -0.39 is 23.6 Å². The molecule has 0 bridgehead atoms. The molecule has 0 amide bonds. The molecule has 0 saturated carbocycles. The fraction of sp³-hybridized carbons (Fsp3) is 0.103. The van der Waals surface area contributed by atoms with E-state index in [-0.39, 0.29) is 36.6 Å². The second-order valence-electron chi connectivity index (χ2n) is 8.54. The smallest absolute Gasteiger partial charge is 0.573 e. The SMILES string of the molecule is C[n+]1cc(C(F)(F)F)c(-c2ccccn2)[n-]1.FC(F)(F)c1cc(-c2ccccn2)[n-]n1.[Ru+2].c1ccc(-c2ccccn2)nc1. The summed E-state index contributed by atoms with van der Waals surface area (Å²) in [5.74, 6) is 0. The van der Waals surface area contributed by atoms with Crippen LogP contribution >= 0.6 is 0 Å². The minimum Gasteiger partial charge on any atom is -0.573 e. The van der Waals surface area contributed by atoms with Crippen molar-refractivity contribution < 1.29 is 50.5 Å². The zero-order valence-corrected chi connectivity index (χ0v) is 24.3. The van der Waals surface area contributed by atoms with Gasteiger partial charge >= 0.3 is 31.8 Å². The number of nitrogens with zero attached hydrogens (tertiary/aromatic N) is 8. The molecule has 0 atom stereocenters. The van der Waals surface area contributed by atoms with Crippen molar-refractivity contribution in [2.45, 2.75) is 12.4 Å². The third-order valence-electron chi connectivity index (χ3n) is 5.39. The number of hydrogen-bond acceptors (Lipinski definition) is 5. The number of aromatic nitrogens is 8. The third kappa shape index (κ3) is 9.36. The van der Waals surface area contributed by atoms with Gasteiger partial charge in [0.25, 0.3) is 0 Å². The summed E-state index contributed by atoms with van der Waals surface area (Å²) in [4.78, 5) is 16.1. The van der Waals surface area contributed by atoms with Gasteiger partial charge in [0.15, 0.2) is 6.20 Å². The Bertz CT molecular complexity index is 1660. The maximum atomic E-state index is 12.7. The average molecular weight is 697 g/mol. The van der Waals surface area contributed by atoms with Gasteiger partial charge in [0.1, 0.15) is 18.3 Å². The Labute approximate surface area is 260 Å². The molecular weight excluding hydrogens is 675 g/mol. The van der Waals surface area contributed by atoms with Crippen LogP contribution in [0.1, 0.15) is 11.3 Å². The van der Waals surface area contributed by atoms with Gasteiger partial charge in [-0.1, -0.05) is 30.0 Å². The molecular formula is C29H21F6N8Ru+. The molecule has 0 spiro atoms. The summed E-state index contributed by atoms with van der Waals surface area (Å²) >= 11 is 0. The molecule has 6 aromatic rings. The van der Waals surface area contributed by atoms with Crippen LogP contribution in [0.25, 0.3) is 34.2 Å². The van der Waals surface area contributed by atoms with Crippen LogP contribution < -0.4 is 14.9 Å². The van der Waals surface area contributed by atoms with Gasteiger partial charge < -0.3 is 15.3 Å². The quantitative estimate of drug-likeness (QED) is 0.131. The second-order valence-corrected chi connectivity index (χ2v) is 8.54. The fourth-order valence-corrected chi connectivity index (χ4v) is 3.49. The van der Waals surface area contributed by atoms with Crippen molar-refractivity contribution in [1.82, 2.24) is 35.2 Å². The number of rotatable bonds is 3. The summed E-state index contributed by atoms with van der Waals surface area (Å²) in [6.07, 6.45) is -1.47. The Balaban J connectivity index is 0.000000180. The summed E-state index contributed by atoms with van der Waals surface area (Å²) in [5, 5.41) is 10.3. The molecule has 0 aliphatic carbocycles. The molecule has 15 heteroatoms. The zero-order valence-electron chi connectivity index (χ0n) is 22.6. The van der Waals surface area contributed by atoms with E-state index in [1.54, 1.807) is 42.7 Å². The second kappa shape index (κ2) is 15.1. The molecule has 6 rings (SSSR count). The maximum Gasteiger partial charge on any atom is 2.00 e. The van der Waals surface area contributed by atoms with Crippen LogP contribution in [0.5, 0.6) is 0 Å². The zero-order chi connectivity index (χ0) is 30.9. The largest absolute Gasteiger partial charge is 2.00 e. The van der Waals surface area contributed by atoms with Gasteiger partial charge in [-0.2, -0.15) is 26.3 Å². The summed E-state index contributed by atoms with van der Waals surface area (Å²) < 4.78 is 75.7. The molecule has 0 unspecified atom stereocenters. The van der Waals surface area contributed by atoms with E-state index in [0.29, 0.717) is 5.69 Å². The van der Waals surface area contributed by atoms with Crippen molar-refractivity contribution in [1.29, 1.82) is 0 Å². The predicted molar refractivity (Wildman–Crippen MR) is 142 cm³/mol. The Hall–Kier alpha value is -4.78. The van der Waals surface area contributed by atoms with Crippen molar-refractivity contribution >= 4 is 0 Å². The van der Waals surface area contributed by atoms with Crippen LogP contribution in [0.2, 0.25) is 0 Å². The molecule has 44 heavy (non-hydrogen) atoms. The van der Waals surface area contributed by atoms with Crippen molar-refractivity contribution in [3.63, 3.8) is 0 Å². The number of aryl methyl sites for hydroxylation is 1. The van der Waals surface area contributed by atoms with E-state index in [2.05, 4.69) is 35.2 Å². The molecule has 6 heterocycles. The standard InChI is InChI=1S/C10H8F3N3.C10H8N2.C9H5F3N3.Ru/c1-16-6-7(10(11,12)13)9(15-16)8-4-2-3-5-14-8;1-3-7-11-9(5-1)10-6-2-4-8-12-10;10-9(11,12)8-5-7(14-15-8)6-3-1-2-4-13-6;/h2-6H,1H3;1-8H;1-5H;/q;;-1;+2. The number of alkyl halides is 6. The van der Waals surface area contributed by atoms with Crippen LogP contribution in [0, 0.1) is 0 Å². The summed E-state index contributed by atoms with van der Waals surface area (Å²) in [5.41, 5.74) is 0.641. The van der Waals surface area contributed by atoms with Crippen LogP contribution in [0.3, 0.4) is 0 Å². The minimum atomic E-state index is -4.46. The van der Waals surface area contributed by atoms with Gasteiger partial charge in [-0.05, 0) is 60.3 Å². The van der Waals surface area contributed by atoms with Gasteiger partial charge in [-0.3, -0.25) is 24.6 Å². The molecule has 226 valence electrons. The van der Waals surface area contributed by atoms with Gasteiger partial charge in [0.05, 0.1) is 17.1 Å². The topological polar surface area (TPSA) is 96.5 Å². The van der Waals surface area contributed by atoms with Crippen molar-refractivity contribution in [3.8, 4) is 34.2 Å². The summed E-state index contributed by atoms with van der Waals surface area (Å²) in [7, 11) is 1.45. The van der Waals surface area contributed by atoms with E-state index >= 15 is 0 Å². The monoisotopic (exact) mass is 697 g/mol. The van der Waals surface area contributed by atoms with E-state index in [1.165, 1.54) is 25.5 Å². The fourth-order valence-electron chi connectivity index (χ4n) is 3.49. The average Bonchev–Trinajstić information content (AvgIpc) is 3.68. The van der Waals surface area contributed by atoms with E-state index in [0.717, 1.165) is 28.3 Å². The molecule has 0 N–H and O–H groups in total. The Morgan fingerprint density at radius 2 is 1.07 bits per heavy atom. The van der Waals surface area contributed by atoms with Crippen molar-refractivity contribution in [2.24, 2.45) is 7.05 Å². The Morgan fingerprint density at radius 1 is 0.614 bits per heavy atom. The van der Waals surface area contributed by atoms with E-state index in [4.69, 9.17) is 0 Å². The number of hydrogen-bond donors (Lipinski definition) is 0. The Kier molecular flexibility index (Phi) is 11.6.